The summed E-state index contributed by atoms with van der Waals surface area (Å²) in [6.07, 6.45) is 0. The van der Waals surface area contributed by atoms with E-state index in [9.17, 15) is 4.11 Å². The first kappa shape index (κ1) is 22.8. The Balaban J connectivity index is 1.21. The van der Waals surface area contributed by atoms with E-state index in [-0.39, 0.29) is 35.8 Å². The Bertz CT molecular complexity index is 3520. The van der Waals surface area contributed by atoms with Crippen LogP contribution < -0.4 is 4.74 Å². The normalized spacial score (nSPS) is 14.0. The van der Waals surface area contributed by atoms with Crippen LogP contribution in [0, 0.1) is 0 Å². The van der Waals surface area contributed by atoms with Crippen molar-refractivity contribution in [1.82, 2.24) is 0 Å². The van der Waals surface area contributed by atoms with Crippen LogP contribution in [0.15, 0.2) is 194 Å². The highest BCUT2D eigenvalue weighted by Gasteiger charge is 2.23. The van der Waals surface area contributed by atoms with E-state index in [1.54, 1.807) is 12.1 Å². The number of hydrogen-bond donors (Lipinski definition) is 0. The summed E-state index contributed by atoms with van der Waals surface area (Å²) in [5.41, 5.74) is 5.43. The summed E-state index contributed by atoms with van der Waals surface area (Å²) >= 11 is 0. The monoisotopic (exact) mass is 680 g/mol. The van der Waals surface area contributed by atoms with Crippen molar-refractivity contribution in [2.75, 3.05) is 0 Å². The van der Waals surface area contributed by atoms with Crippen LogP contribution in [-0.4, -0.2) is 0 Å². The standard InChI is InChI=1S/C52H32O/c1-3-12-33(13-4-1)39-29-40(31-41(30-39)51-44-19-10-8-17-37(44)28-38-23-22-35-16-7-9-18-43(35)50(38)51)36-24-26-48-47(32-36)46-21-11-20-45-42(34-14-5-2-6-15-34)25-27-49(53-48)52(45)46/h1-32H/i2D,5D,6D,14D,15D,29D,30D,31D. The van der Waals surface area contributed by atoms with Gasteiger partial charge < -0.3 is 4.74 Å². The highest BCUT2D eigenvalue weighted by atomic mass is 16.5. The molecule has 0 bridgehead atoms. The SMILES string of the molecule is [2H]c1c([2H])c([2H])c(-c2ccc3c4c(cccc24)-c2cc(-c4c([2H])c(-c5ccccc5)c([2H])c(-c5c6ccccc6cc6ccc7ccccc7c56)c4[2H])ccc2O3)c([2H])c1[2H]. The third-order valence-electron chi connectivity index (χ3n) is 10.4. The van der Waals surface area contributed by atoms with Crippen molar-refractivity contribution in [3.05, 3.63) is 194 Å². The Labute approximate surface area is 319 Å². The van der Waals surface area contributed by atoms with Crippen LogP contribution in [0.1, 0.15) is 11.0 Å². The minimum absolute atomic E-state index is 0.0677. The third kappa shape index (κ3) is 4.79. The van der Waals surface area contributed by atoms with E-state index in [2.05, 4.69) is 36.4 Å². The Morgan fingerprint density at radius 3 is 1.92 bits per heavy atom. The molecule has 1 aliphatic heterocycles. The fraction of sp³-hybridized carbons (Fsp3) is 0. The summed E-state index contributed by atoms with van der Waals surface area (Å²) in [7, 11) is 0. The molecule has 246 valence electrons. The molecule has 0 N–H and O–H groups in total. The molecule has 0 saturated carbocycles. The molecule has 1 heteroatoms. The molecule has 0 fully saturated rings. The van der Waals surface area contributed by atoms with Gasteiger partial charge in [-0.15, -0.1) is 0 Å². The predicted octanol–water partition coefficient (Wildman–Crippen LogP) is 14.7. The van der Waals surface area contributed by atoms with Crippen molar-refractivity contribution >= 4 is 43.1 Å². The second kappa shape index (κ2) is 11.8. The summed E-state index contributed by atoms with van der Waals surface area (Å²) in [5, 5.41) is 7.26. The van der Waals surface area contributed by atoms with E-state index >= 15 is 0 Å². The van der Waals surface area contributed by atoms with Gasteiger partial charge in [-0.2, -0.15) is 0 Å². The van der Waals surface area contributed by atoms with Crippen molar-refractivity contribution in [3.63, 3.8) is 0 Å². The lowest BCUT2D eigenvalue weighted by Gasteiger charge is -2.23. The average molecular weight is 681 g/mol. The molecular formula is C52H32O. The van der Waals surface area contributed by atoms with Gasteiger partial charge in [0, 0.05) is 10.9 Å². The molecule has 10 aromatic rings. The zero-order valence-corrected chi connectivity index (χ0v) is 28.3. The highest BCUT2D eigenvalue weighted by molar-refractivity contribution is 6.22. The minimum Gasteiger partial charge on any atom is -0.456 e. The molecule has 1 aliphatic rings. The first-order valence-corrected chi connectivity index (χ1v) is 17.6. The Morgan fingerprint density at radius 2 is 1.06 bits per heavy atom. The smallest absolute Gasteiger partial charge is 0.135 e. The first-order valence-electron chi connectivity index (χ1n) is 21.6. The topological polar surface area (TPSA) is 9.23 Å². The van der Waals surface area contributed by atoms with Gasteiger partial charge in [0.25, 0.3) is 0 Å². The van der Waals surface area contributed by atoms with E-state index < -0.39 is 18.1 Å². The number of benzene rings is 10. The van der Waals surface area contributed by atoms with Gasteiger partial charge in [-0.3, -0.25) is 0 Å². The Hall–Kier alpha value is -6.96. The van der Waals surface area contributed by atoms with E-state index in [4.69, 9.17) is 11.6 Å². The molecule has 10 aromatic carbocycles. The summed E-state index contributed by atoms with van der Waals surface area (Å²) in [6.45, 7) is 0. The molecule has 1 nitrogen and oxygen atoms in total. The second-order valence-corrected chi connectivity index (χ2v) is 13.4. The lowest BCUT2D eigenvalue weighted by Crippen LogP contribution is -1.98. The molecule has 53 heavy (non-hydrogen) atoms. The van der Waals surface area contributed by atoms with Gasteiger partial charge in [-0.05, 0) is 130 Å². The van der Waals surface area contributed by atoms with Gasteiger partial charge in [0.2, 0.25) is 0 Å². The maximum absolute atomic E-state index is 10.2. The maximum Gasteiger partial charge on any atom is 0.135 e. The zero-order valence-electron chi connectivity index (χ0n) is 36.3. The lowest BCUT2D eigenvalue weighted by atomic mass is 9.86. The molecule has 0 aromatic heterocycles. The van der Waals surface area contributed by atoms with Crippen molar-refractivity contribution in [1.29, 1.82) is 0 Å². The van der Waals surface area contributed by atoms with Crippen molar-refractivity contribution in [2.24, 2.45) is 0 Å². The quantitative estimate of drug-likeness (QED) is 0.133. The van der Waals surface area contributed by atoms with Gasteiger partial charge in [0.1, 0.15) is 11.5 Å². The molecular weight excluding hydrogens is 641 g/mol. The van der Waals surface area contributed by atoms with E-state index in [1.165, 1.54) is 0 Å². The number of hydrogen-bond acceptors (Lipinski definition) is 1. The van der Waals surface area contributed by atoms with Gasteiger partial charge in [-0.25, -0.2) is 0 Å². The molecule has 0 spiro atoms. The van der Waals surface area contributed by atoms with Gasteiger partial charge in [0.05, 0.1) is 11.0 Å². The van der Waals surface area contributed by atoms with Gasteiger partial charge in [-0.1, -0.05) is 152 Å². The Morgan fingerprint density at radius 1 is 0.358 bits per heavy atom. The van der Waals surface area contributed by atoms with Crippen LogP contribution in [0.5, 0.6) is 11.5 Å². The van der Waals surface area contributed by atoms with Gasteiger partial charge in [0.15, 0.2) is 0 Å². The van der Waals surface area contributed by atoms with Crippen LogP contribution in [0.4, 0.5) is 0 Å². The van der Waals surface area contributed by atoms with Crippen LogP contribution in [0.25, 0.3) is 98.7 Å². The van der Waals surface area contributed by atoms with Crippen LogP contribution in [0.2, 0.25) is 0 Å². The molecule has 11 rings (SSSR count). The second-order valence-electron chi connectivity index (χ2n) is 13.4. The predicted molar refractivity (Wildman–Crippen MR) is 224 cm³/mol. The summed E-state index contributed by atoms with van der Waals surface area (Å²) in [5.74, 6) is 1.14. The van der Waals surface area contributed by atoms with Crippen molar-refractivity contribution < 1.29 is 15.7 Å². The summed E-state index contributed by atoms with van der Waals surface area (Å²) < 4.78 is 78.9. The fourth-order valence-corrected chi connectivity index (χ4v) is 7.98. The highest BCUT2D eigenvalue weighted by Crippen LogP contribution is 2.50. The maximum atomic E-state index is 10.2. The van der Waals surface area contributed by atoms with E-state index in [1.807, 2.05) is 97.1 Å². The minimum atomic E-state index is -0.451. The Kier molecular flexibility index (Phi) is 5.07. The third-order valence-corrected chi connectivity index (χ3v) is 10.4. The average Bonchev–Trinajstić information content (AvgIpc) is 3.28. The van der Waals surface area contributed by atoms with Gasteiger partial charge >= 0.3 is 0 Å². The first-order chi connectivity index (χ1) is 29.6. The van der Waals surface area contributed by atoms with Crippen LogP contribution in [0.3, 0.4) is 0 Å². The number of ether oxygens (including phenoxy) is 1. The molecule has 1 heterocycles. The molecule has 0 radical (unpaired) electrons. The summed E-state index contributed by atoms with van der Waals surface area (Å²) in [4.78, 5) is 0. The van der Waals surface area contributed by atoms with Crippen molar-refractivity contribution in [3.8, 4) is 67.1 Å². The van der Waals surface area contributed by atoms with Crippen molar-refractivity contribution in [2.45, 2.75) is 0 Å². The molecule has 0 atom stereocenters. The lowest BCUT2D eigenvalue weighted by molar-refractivity contribution is 0.487. The number of fused-ring (bicyclic) bond motifs is 6. The van der Waals surface area contributed by atoms with Crippen LogP contribution >= 0.6 is 0 Å². The molecule has 0 saturated heterocycles. The van der Waals surface area contributed by atoms with Crippen LogP contribution in [-0.2, 0) is 0 Å². The largest absolute Gasteiger partial charge is 0.456 e. The zero-order chi connectivity index (χ0) is 41.8. The molecule has 0 amide bonds. The number of rotatable bonds is 4. The van der Waals surface area contributed by atoms with E-state index in [0.717, 1.165) is 48.8 Å². The molecule has 0 unspecified atom stereocenters. The molecule has 0 aliphatic carbocycles. The fourth-order valence-electron chi connectivity index (χ4n) is 7.98. The summed E-state index contributed by atoms with van der Waals surface area (Å²) in [6, 6.07) is 45.5. The van der Waals surface area contributed by atoms with E-state index in [0.29, 0.717) is 55.8 Å².